The average Bonchev–Trinajstić information content (AvgIpc) is 2.99. The van der Waals surface area contributed by atoms with Gasteiger partial charge in [-0.3, -0.25) is 0 Å². The lowest BCUT2D eigenvalue weighted by Crippen LogP contribution is -2.07. The summed E-state index contributed by atoms with van der Waals surface area (Å²) < 4.78 is 47.5. The average molecular weight is 397 g/mol. The van der Waals surface area contributed by atoms with Crippen molar-refractivity contribution < 1.29 is 17.9 Å². The zero-order chi connectivity index (χ0) is 18.5. The van der Waals surface area contributed by atoms with E-state index in [0.717, 1.165) is 42.3 Å². The molecule has 0 fully saturated rings. The third-order valence-electron chi connectivity index (χ3n) is 3.93. The number of nitrogens with zero attached hydrogens (tertiary/aromatic N) is 2. The molecule has 0 radical (unpaired) electrons. The van der Waals surface area contributed by atoms with E-state index in [9.17, 15) is 13.2 Å². The van der Waals surface area contributed by atoms with Gasteiger partial charge in [0.25, 0.3) is 0 Å². The van der Waals surface area contributed by atoms with E-state index in [1.807, 2.05) is 6.92 Å². The number of hydrogen-bond donors (Lipinski definition) is 0. The van der Waals surface area contributed by atoms with Gasteiger partial charge in [0.05, 0.1) is 12.2 Å². The van der Waals surface area contributed by atoms with Gasteiger partial charge < -0.3 is 4.74 Å². The Labute approximate surface area is 162 Å². The third-order valence-corrected chi connectivity index (χ3v) is 3.93. The summed E-state index contributed by atoms with van der Waals surface area (Å²) in [6.45, 7) is 2.33. The van der Waals surface area contributed by atoms with Crippen LogP contribution in [-0.2, 0) is 19.6 Å². The van der Waals surface area contributed by atoms with Crippen molar-refractivity contribution in [1.82, 2.24) is 9.78 Å². The number of aryl methyl sites for hydroxylation is 1. The van der Waals surface area contributed by atoms with Crippen molar-refractivity contribution in [3.8, 4) is 5.88 Å². The van der Waals surface area contributed by atoms with E-state index in [1.54, 1.807) is 22.9 Å². The lowest BCUT2D eigenvalue weighted by molar-refractivity contribution is 0.269. The summed E-state index contributed by atoms with van der Waals surface area (Å²) in [6.07, 6.45) is 1.70. The maximum absolute atomic E-state index is 13.8. The van der Waals surface area contributed by atoms with Crippen molar-refractivity contribution in [3.63, 3.8) is 0 Å². The maximum Gasteiger partial charge on any atom is 0.212 e. The largest absolute Gasteiger partial charge is 0.473 e. The summed E-state index contributed by atoms with van der Waals surface area (Å²) in [5.41, 5.74) is 1.85. The zero-order valence-electron chi connectivity index (χ0n) is 14.8. The fourth-order valence-corrected chi connectivity index (χ4v) is 2.63. The summed E-state index contributed by atoms with van der Waals surface area (Å²) in [5, 5.41) is 4.50. The van der Waals surface area contributed by atoms with Crippen LogP contribution in [0.15, 0.2) is 48.5 Å². The van der Waals surface area contributed by atoms with Gasteiger partial charge in [-0.2, -0.15) is 5.10 Å². The first kappa shape index (κ1) is 20.8. The minimum atomic E-state index is -0.523. The molecule has 144 valence electrons. The second-order valence-electron chi connectivity index (χ2n) is 6.03. The summed E-state index contributed by atoms with van der Waals surface area (Å²) in [4.78, 5) is 0. The second-order valence-corrected chi connectivity index (χ2v) is 6.03. The molecule has 0 spiro atoms. The quantitative estimate of drug-likeness (QED) is 0.541. The number of hydrogen-bond acceptors (Lipinski definition) is 2. The van der Waals surface area contributed by atoms with Gasteiger partial charge in [-0.15, -0.1) is 12.4 Å². The van der Waals surface area contributed by atoms with Crippen LogP contribution in [0.3, 0.4) is 0 Å². The molecule has 1 heterocycles. The van der Waals surface area contributed by atoms with Crippen LogP contribution in [0.1, 0.15) is 30.2 Å². The topological polar surface area (TPSA) is 27.1 Å². The van der Waals surface area contributed by atoms with Crippen LogP contribution in [0.5, 0.6) is 5.88 Å². The molecule has 0 aliphatic rings. The highest BCUT2D eigenvalue weighted by molar-refractivity contribution is 5.85. The van der Waals surface area contributed by atoms with Crippen LogP contribution in [0.25, 0.3) is 0 Å². The van der Waals surface area contributed by atoms with E-state index in [0.29, 0.717) is 12.4 Å². The van der Waals surface area contributed by atoms with Crippen molar-refractivity contribution in [2.45, 2.75) is 32.9 Å². The lowest BCUT2D eigenvalue weighted by atomic mass is 10.2. The predicted molar refractivity (Wildman–Crippen MR) is 99.7 cm³/mol. The minimum Gasteiger partial charge on any atom is -0.473 e. The Morgan fingerprint density at radius 2 is 1.67 bits per heavy atom. The molecule has 0 N–H and O–H groups in total. The van der Waals surface area contributed by atoms with Crippen molar-refractivity contribution in [2.24, 2.45) is 0 Å². The van der Waals surface area contributed by atoms with Crippen LogP contribution >= 0.6 is 12.4 Å². The molecule has 7 heteroatoms. The van der Waals surface area contributed by atoms with Gasteiger partial charge in [0, 0.05) is 11.6 Å². The van der Waals surface area contributed by atoms with Crippen LogP contribution < -0.4 is 4.74 Å². The summed E-state index contributed by atoms with van der Waals surface area (Å²) in [5.74, 6) is -0.887. The Hall–Kier alpha value is -2.47. The molecule has 27 heavy (non-hydrogen) atoms. The Bertz CT molecular complexity index is 881. The van der Waals surface area contributed by atoms with E-state index >= 15 is 0 Å². The van der Waals surface area contributed by atoms with Crippen LogP contribution in [-0.4, -0.2) is 9.78 Å². The van der Waals surface area contributed by atoms with E-state index < -0.39 is 11.6 Å². The molecule has 0 aliphatic carbocycles. The molecule has 0 atom stereocenters. The predicted octanol–water partition coefficient (Wildman–Crippen LogP) is 5.30. The van der Waals surface area contributed by atoms with E-state index in [4.69, 9.17) is 4.74 Å². The molecule has 0 saturated heterocycles. The molecule has 3 rings (SSSR count). The van der Waals surface area contributed by atoms with Gasteiger partial charge in [0.1, 0.15) is 24.1 Å². The number of ether oxygens (including phenoxy) is 1. The van der Waals surface area contributed by atoms with Gasteiger partial charge in [-0.25, -0.2) is 17.9 Å². The van der Waals surface area contributed by atoms with Crippen molar-refractivity contribution in [1.29, 1.82) is 0 Å². The standard InChI is InChI=1S/C20H19F3N2O.ClH/c1-2-3-18-11-20(26-13-15-10-17(22)8-9-19(15)23)25(24-18)12-14-4-6-16(21)7-5-14;/h4-11H,2-3,12-13H2,1H3;1H. The third kappa shape index (κ3) is 5.50. The fourth-order valence-electron chi connectivity index (χ4n) is 2.63. The molecular formula is C20H20ClF3N2O. The van der Waals surface area contributed by atoms with Crippen molar-refractivity contribution in [2.75, 3.05) is 0 Å². The summed E-state index contributed by atoms with van der Waals surface area (Å²) in [7, 11) is 0. The summed E-state index contributed by atoms with van der Waals surface area (Å²) >= 11 is 0. The molecule has 3 nitrogen and oxygen atoms in total. The number of rotatable bonds is 7. The molecule has 0 unspecified atom stereocenters. The van der Waals surface area contributed by atoms with Crippen LogP contribution in [0, 0.1) is 17.5 Å². The fraction of sp³-hybridized carbons (Fsp3) is 0.250. The molecule has 3 aromatic rings. The van der Waals surface area contributed by atoms with Gasteiger partial charge in [-0.1, -0.05) is 25.5 Å². The molecule has 0 saturated carbocycles. The van der Waals surface area contributed by atoms with Crippen LogP contribution in [0.4, 0.5) is 13.2 Å². The van der Waals surface area contributed by atoms with Crippen molar-refractivity contribution in [3.05, 3.63) is 82.8 Å². The SMILES string of the molecule is CCCc1cc(OCc2cc(F)ccc2F)n(Cc2ccc(F)cc2)n1.Cl. The smallest absolute Gasteiger partial charge is 0.212 e. The maximum atomic E-state index is 13.8. The first-order valence-electron chi connectivity index (χ1n) is 8.43. The second kappa shape index (κ2) is 9.46. The lowest BCUT2D eigenvalue weighted by Gasteiger charge is -2.10. The summed E-state index contributed by atoms with van der Waals surface area (Å²) in [6, 6.07) is 11.2. The minimum absolute atomic E-state index is 0. The van der Waals surface area contributed by atoms with Gasteiger partial charge in [-0.05, 0) is 42.3 Å². The Balaban J connectivity index is 0.00000261. The normalized spacial score (nSPS) is 10.5. The highest BCUT2D eigenvalue weighted by atomic mass is 35.5. The molecule has 2 aromatic carbocycles. The zero-order valence-corrected chi connectivity index (χ0v) is 15.6. The van der Waals surface area contributed by atoms with E-state index in [1.165, 1.54) is 12.1 Å². The molecule has 1 aromatic heterocycles. The Morgan fingerprint density at radius 1 is 0.963 bits per heavy atom. The van der Waals surface area contributed by atoms with Gasteiger partial charge >= 0.3 is 0 Å². The highest BCUT2D eigenvalue weighted by Gasteiger charge is 2.12. The van der Waals surface area contributed by atoms with E-state index in [2.05, 4.69) is 5.10 Å². The molecule has 0 aliphatic heterocycles. The number of halogens is 4. The Kier molecular flexibility index (Phi) is 7.30. The monoisotopic (exact) mass is 396 g/mol. The first-order valence-corrected chi connectivity index (χ1v) is 8.43. The Morgan fingerprint density at radius 3 is 2.37 bits per heavy atom. The molecule has 0 bridgehead atoms. The van der Waals surface area contributed by atoms with Gasteiger partial charge in [0.2, 0.25) is 5.88 Å². The number of benzene rings is 2. The molecule has 0 amide bonds. The van der Waals surface area contributed by atoms with Gasteiger partial charge in [0.15, 0.2) is 0 Å². The van der Waals surface area contributed by atoms with Crippen LogP contribution in [0.2, 0.25) is 0 Å². The number of aromatic nitrogens is 2. The first-order chi connectivity index (χ1) is 12.5. The van der Waals surface area contributed by atoms with Crippen molar-refractivity contribution >= 4 is 12.4 Å². The molecular weight excluding hydrogens is 377 g/mol. The van der Waals surface area contributed by atoms with E-state index in [-0.39, 0.29) is 30.4 Å². The highest BCUT2D eigenvalue weighted by Crippen LogP contribution is 2.20.